The van der Waals surface area contributed by atoms with Crippen LogP contribution < -0.4 is 5.32 Å². The SMILES string of the molecule is CSCCCCCCNC1CC(c2cccc(Br)c2)C1. The van der Waals surface area contributed by atoms with Gasteiger partial charge in [0.05, 0.1) is 0 Å². The molecule has 1 aliphatic carbocycles. The Kier molecular flexibility index (Phi) is 7.47. The Hall–Kier alpha value is 0.01000. The van der Waals surface area contributed by atoms with E-state index in [1.165, 1.54) is 60.9 Å². The van der Waals surface area contributed by atoms with Gasteiger partial charge in [0, 0.05) is 10.5 Å². The van der Waals surface area contributed by atoms with Crippen LogP contribution in [0.5, 0.6) is 0 Å². The van der Waals surface area contributed by atoms with Crippen molar-refractivity contribution in [3.8, 4) is 0 Å². The lowest BCUT2D eigenvalue weighted by molar-refractivity contribution is 0.289. The maximum absolute atomic E-state index is 3.71. The van der Waals surface area contributed by atoms with Crippen LogP contribution in [0.15, 0.2) is 28.7 Å². The standard InChI is InChI=1S/C17H26BrNS/c1-20-10-5-3-2-4-9-19-17-12-15(13-17)14-7-6-8-16(18)11-14/h6-8,11,15,17,19H,2-5,9-10,12-13H2,1H3. The van der Waals surface area contributed by atoms with E-state index in [0.29, 0.717) is 0 Å². The van der Waals surface area contributed by atoms with Gasteiger partial charge < -0.3 is 5.32 Å². The monoisotopic (exact) mass is 355 g/mol. The van der Waals surface area contributed by atoms with Crippen molar-refractivity contribution >= 4 is 27.7 Å². The van der Waals surface area contributed by atoms with Crippen molar-refractivity contribution in [3.63, 3.8) is 0 Å². The molecule has 0 aliphatic heterocycles. The molecule has 0 radical (unpaired) electrons. The van der Waals surface area contributed by atoms with E-state index in [1.54, 1.807) is 0 Å². The molecule has 0 atom stereocenters. The summed E-state index contributed by atoms with van der Waals surface area (Å²) in [5, 5.41) is 3.71. The second-order valence-electron chi connectivity index (χ2n) is 5.78. The molecule has 1 aromatic rings. The summed E-state index contributed by atoms with van der Waals surface area (Å²) in [7, 11) is 0. The van der Waals surface area contributed by atoms with Crippen LogP contribution in [0.1, 0.15) is 50.0 Å². The third-order valence-electron chi connectivity index (χ3n) is 4.17. The molecule has 3 heteroatoms. The Bertz CT molecular complexity index is 390. The zero-order valence-corrected chi connectivity index (χ0v) is 14.8. The van der Waals surface area contributed by atoms with Gasteiger partial charge in [0.15, 0.2) is 0 Å². The first-order chi connectivity index (χ1) is 9.79. The lowest BCUT2D eigenvalue weighted by Crippen LogP contribution is -2.40. The van der Waals surface area contributed by atoms with Crippen LogP contribution >= 0.6 is 27.7 Å². The Balaban J connectivity index is 1.52. The van der Waals surface area contributed by atoms with E-state index >= 15 is 0 Å². The average Bonchev–Trinajstić information content (AvgIpc) is 2.39. The number of thioether (sulfide) groups is 1. The van der Waals surface area contributed by atoms with Gasteiger partial charge in [0.2, 0.25) is 0 Å². The number of unbranched alkanes of at least 4 members (excludes halogenated alkanes) is 3. The summed E-state index contributed by atoms with van der Waals surface area (Å²) in [5.74, 6) is 2.09. The first-order valence-electron chi connectivity index (χ1n) is 7.77. The van der Waals surface area contributed by atoms with Crippen LogP contribution in [0, 0.1) is 0 Å². The van der Waals surface area contributed by atoms with Crippen molar-refractivity contribution in [2.45, 2.75) is 50.5 Å². The second-order valence-corrected chi connectivity index (χ2v) is 7.68. The van der Waals surface area contributed by atoms with Crippen molar-refractivity contribution in [3.05, 3.63) is 34.3 Å². The van der Waals surface area contributed by atoms with Crippen LogP contribution in [-0.4, -0.2) is 24.6 Å². The van der Waals surface area contributed by atoms with Crippen molar-refractivity contribution < 1.29 is 0 Å². The molecular weight excluding hydrogens is 330 g/mol. The summed E-state index contributed by atoms with van der Waals surface area (Å²) in [6, 6.07) is 9.54. The van der Waals surface area contributed by atoms with Gasteiger partial charge in [0.1, 0.15) is 0 Å². The highest BCUT2D eigenvalue weighted by molar-refractivity contribution is 9.10. The minimum Gasteiger partial charge on any atom is -0.314 e. The highest BCUT2D eigenvalue weighted by Gasteiger charge is 2.29. The molecule has 0 bridgehead atoms. The van der Waals surface area contributed by atoms with Crippen LogP contribution in [0.2, 0.25) is 0 Å². The van der Waals surface area contributed by atoms with E-state index in [4.69, 9.17) is 0 Å². The Morgan fingerprint density at radius 3 is 2.75 bits per heavy atom. The van der Waals surface area contributed by atoms with Gasteiger partial charge in [-0.05, 0) is 67.9 Å². The molecule has 0 unspecified atom stereocenters. The van der Waals surface area contributed by atoms with E-state index < -0.39 is 0 Å². The minimum atomic E-state index is 0.755. The molecule has 20 heavy (non-hydrogen) atoms. The largest absolute Gasteiger partial charge is 0.314 e. The number of hydrogen-bond acceptors (Lipinski definition) is 2. The molecule has 112 valence electrons. The Morgan fingerprint density at radius 2 is 2.00 bits per heavy atom. The van der Waals surface area contributed by atoms with Gasteiger partial charge in [-0.25, -0.2) is 0 Å². The molecular formula is C17H26BrNS. The van der Waals surface area contributed by atoms with Gasteiger partial charge in [0.25, 0.3) is 0 Å². The van der Waals surface area contributed by atoms with Gasteiger partial charge in [-0.2, -0.15) is 11.8 Å². The first kappa shape index (κ1) is 16.4. The molecule has 0 heterocycles. The minimum absolute atomic E-state index is 0.755. The number of hydrogen-bond donors (Lipinski definition) is 1. The van der Waals surface area contributed by atoms with E-state index in [-0.39, 0.29) is 0 Å². The van der Waals surface area contributed by atoms with Crippen molar-refractivity contribution in [2.24, 2.45) is 0 Å². The summed E-state index contributed by atoms with van der Waals surface area (Å²) in [5.41, 5.74) is 1.49. The number of nitrogens with one attached hydrogen (secondary N) is 1. The fourth-order valence-electron chi connectivity index (χ4n) is 2.85. The fraction of sp³-hybridized carbons (Fsp3) is 0.647. The summed E-state index contributed by atoms with van der Waals surface area (Å²) < 4.78 is 1.21. The molecule has 1 N–H and O–H groups in total. The van der Waals surface area contributed by atoms with Crippen molar-refractivity contribution in [2.75, 3.05) is 18.6 Å². The Labute approximate surface area is 136 Å². The second kappa shape index (κ2) is 9.11. The molecule has 0 spiro atoms. The van der Waals surface area contributed by atoms with Crippen LogP contribution in [0.3, 0.4) is 0 Å². The summed E-state index contributed by atoms with van der Waals surface area (Å²) in [6.07, 6.45) is 10.3. The topological polar surface area (TPSA) is 12.0 Å². The Morgan fingerprint density at radius 1 is 1.20 bits per heavy atom. The number of benzene rings is 1. The molecule has 1 saturated carbocycles. The molecule has 0 saturated heterocycles. The first-order valence-corrected chi connectivity index (χ1v) is 9.96. The van der Waals surface area contributed by atoms with Crippen molar-refractivity contribution in [1.82, 2.24) is 5.32 Å². The molecule has 1 aromatic carbocycles. The molecule has 1 nitrogen and oxygen atoms in total. The van der Waals surface area contributed by atoms with Crippen LogP contribution in [-0.2, 0) is 0 Å². The maximum Gasteiger partial charge on any atom is 0.0178 e. The third-order valence-corrected chi connectivity index (χ3v) is 5.36. The van der Waals surface area contributed by atoms with Crippen LogP contribution in [0.4, 0.5) is 0 Å². The fourth-order valence-corrected chi connectivity index (χ4v) is 3.76. The highest BCUT2D eigenvalue weighted by atomic mass is 79.9. The molecule has 2 rings (SSSR count). The third kappa shape index (κ3) is 5.42. The van der Waals surface area contributed by atoms with E-state index in [1.807, 2.05) is 11.8 Å². The smallest absolute Gasteiger partial charge is 0.0178 e. The molecule has 1 fully saturated rings. The number of rotatable bonds is 9. The zero-order chi connectivity index (χ0) is 14.2. The van der Waals surface area contributed by atoms with E-state index in [2.05, 4.69) is 51.8 Å². The quantitative estimate of drug-likeness (QED) is 0.610. The van der Waals surface area contributed by atoms with Gasteiger partial charge in [-0.3, -0.25) is 0 Å². The molecule has 1 aliphatic rings. The summed E-state index contributed by atoms with van der Waals surface area (Å²) in [6.45, 7) is 1.20. The lowest BCUT2D eigenvalue weighted by Gasteiger charge is -2.36. The predicted octanol–water partition coefficient (Wildman–Crippen LogP) is 5.21. The van der Waals surface area contributed by atoms with Gasteiger partial charge in [-0.1, -0.05) is 40.9 Å². The summed E-state index contributed by atoms with van der Waals surface area (Å²) >= 11 is 5.52. The lowest BCUT2D eigenvalue weighted by atomic mass is 9.76. The molecule has 0 amide bonds. The number of halogens is 1. The molecule has 0 aromatic heterocycles. The predicted molar refractivity (Wildman–Crippen MR) is 94.8 cm³/mol. The van der Waals surface area contributed by atoms with Gasteiger partial charge >= 0.3 is 0 Å². The van der Waals surface area contributed by atoms with E-state index in [0.717, 1.165) is 12.0 Å². The normalized spacial score (nSPS) is 21.7. The van der Waals surface area contributed by atoms with Gasteiger partial charge in [-0.15, -0.1) is 0 Å². The average molecular weight is 356 g/mol. The summed E-state index contributed by atoms with van der Waals surface area (Å²) in [4.78, 5) is 0. The van der Waals surface area contributed by atoms with E-state index in [9.17, 15) is 0 Å². The highest BCUT2D eigenvalue weighted by Crippen LogP contribution is 2.37. The van der Waals surface area contributed by atoms with Crippen LogP contribution in [0.25, 0.3) is 0 Å². The van der Waals surface area contributed by atoms with Crippen molar-refractivity contribution in [1.29, 1.82) is 0 Å². The zero-order valence-electron chi connectivity index (χ0n) is 12.4. The maximum atomic E-state index is 3.71.